The van der Waals surface area contributed by atoms with Crippen molar-refractivity contribution in [3.05, 3.63) is 24.3 Å². The van der Waals surface area contributed by atoms with Crippen molar-refractivity contribution >= 4 is 16.9 Å². The number of hydrogen-bond donors (Lipinski definition) is 0. The highest BCUT2D eigenvalue weighted by Gasteiger charge is 2.27. The summed E-state index contributed by atoms with van der Waals surface area (Å²) in [6.45, 7) is 2.80. The lowest BCUT2D eigenvalue weighted by Crippen LogP contribution is -2.32. The summed E-state index contributed by atoms with van der Waals surface area (Å²) < 4.78 is 1.82. The van der Waals surface area contributed by atoms with Gasteiger partial charge in [-0.05, 0) is 25.5 Å². The van der Waals surface area contributed by atoms with Crippen molar-refractivity contribution in [1.29, 1.82) is 0 Å². The van der Waals surface area contributed by atoms with Gasteiger partial charge in [-0.25, -0.2) is 4.68 Å². The summed E-state index contributed by atoms with van der Waals surface area (Å²) >= 11 is 0. The predicted molar refractivity (Wildman–Crippen MR) is 63.2 cm³/mol. The fourth-order valence-corrected chi connectivity index (χ4v) is 2.36. The Balaban J connectivity index is 2.00. The van der Waals surface area contributed by atoms with E-state index in [0.29, 0.717) is 6.42 Å². The number of fused-ring (bicyclic) bond motifs is 1. The standard InChI is InChI=1S/C12H14N4O/c1-9(15-8-4-7-12(15)17)16-11-6-3-2-5-10(11)13-14-16/h2-3,5-6,9H,4,7-8H2,1H3. The van der Waals surface area contributed by atoms with E-state index in [1.165, 1.54) is 0 Å². The highest BCUT2D eigenvalue weighted by molar-refractivity contribution is 5.79. The second kappa shape index (κ2) is 3.84. The van der Waals surface area contributed by atoms with Crippen molar-refractivity contribution in [2.75, 3.05) is 6.54 Å². The highest BCUT2D eigenvalue weighted by atomic mass is 16.2. The molecule has 17 heavy (non-hydrogen) atoms. The minimum Gasteiger partial charge on any atom is -0.321 e. The molecule has 0 aliphatic carbocycles. The first-order valence-corrected chi connectivity index (χ1v) is 5.87. The van der Waals surface area contributed by atoms with E-state index in [4.69, 9.17) is 0 Å². The Morgan fingerprint density at radius 3 is 2.94 bits per heavy atom. The molecule has 1 aromatic heterocycles. The van der Waals surface area contributed by atoms with Crippen molar-refractivity contribution in [3.8, 4) is 0 Å². The van der Waals surface area contributed by atoms with E-state index in [1.807, 2.05) is 40.8 Å². The van der Waals surface area contributed by atoms with Gasteiger partial charge < -0.3 is 4.90 Å². The Labute approximate surface area is 99.0 Å². The zero-order valence-corrected chi connectivity index (χ0v) is 9.71. The van der Waals surface area contributed by atoms with Gasteiger partial charge in [0.05, 0.1) is 5.52 Å². The number of benzene rings is 1. The van der Waals surface area contributed by atoms with Crippen LogP contribution < -0.4 is 0 Å². The number of amides is 1. The Hall–Kier alpha value is -1.91. The average molecular weight is 230 g/mol. The molecule has 0 bridgehead atoms. The summed E-state index contributed by atoms with van der Waals surface area (Å²) in [7, 11) is 0. The summed E-state index contributed by atoms with van der Waals surface area (Å²) in [6.07, 6.45) is 1.53. The minimum absolute atomic E-state index is 0.0580. The largest absolute Gasteiger partial charge is 0.321 e. The van der Waals surface area contributed by atoms with Gasteiger partial charge >= 0.3 is 0 Å². The zero-order valence-electron chi connectivity index (χ0n) is 9.71. The van der Waals surface area contributed by atoms with Crippen LogP contribution >= 0.6 is 0 Å². The van der Waals surface area contributed by atoms with Gasteiger partial charge in [-0.2, -0.15) is 0 Å². The van der Waals surface area contributed by atoms with Gasteiger partial charge in [0.15, 0.2) is 0 Å². The molecule has 1 aliphatic rings. The average Bonchev–Trinajstić information content (AvgIpc) is 2.94. The van der Waals surface area contributed by atoms with E-state index < -0.39 is 0 Å². The molecule has 3 rings (SSSR count). The van der Waals surface area contributed by atoms with Crippen LogP contribution in [0.2, 0.25) is 0 Å². The van der Waals surface area contributed by atoms with Crippen molar-refractivity contribution in [2.45, 2.75) is 25.9 Å². The molecule has 88 valence electrons. The molecule has 1 aliphatic heterocycles. The van der Waals surface area contributed by atoms with E-state index >= 15 is 0 Å². The van der Waals surface area contributed by atoms with Crippen LogP contribution in [0.3, 0.4) is 0 Å². The molecule has 1 aromatic carbocycles. The van der Waals surface area contributed by atoms with Crippen LogP contribution in [0.15, 0.2) is 24.3 Å². The fraction of sp³-hybridized carbons (Fsp3) is 0.417. The fourth-order valence-electron chi connectivity index (χ4n) is 2.36. The van der Waals surface area contributed by atoms with Crippen LogP contribution in [0.1, 0.15) is 25.9 Å². The summed E-state index contributed by atoms with van der Waals surface area (Å²) in [5, 5.41) is 8.26. The number of likely N-dealkylation sites (tertiary alicyclic amines) is 1. The van der Waals surface area contributed by atoms with Crippen molar-refractivity contribution in [1.82, 2.24) is 19.9 Å². The smallest absolute Gasteiger partial charge is 0.224 e. The number of rotatable bonds is 2. The SMILES string of the molecule is CC(N1CCCC1=O)n1nnc2ccccc21. The Morgan fingerprint density at radius 2 is 2.18 bits per heavy atom. The van der Waals surface area contributed by atoms with Gasteiger partial charge in [0.25, 0.3) is 0 Å². The van der Waals surface area contributed by atoms with Crippen LogP contribution in [0.5, 0.6) is 0 Å². The number of carbonyl (C=O) groups excluding carboxylic acids is 1. The molecular formula is C12H14N4O. The quantitative estimate of drug-likeness (QED) is 0.787. The van der Waals surface area contributed by atoms with Gasteiger partial charge in [0.1, 0.15) is 11.7 Å². The molecule has 0 saturated carbocycles. The first-order chi connectivity index (χ1) is 8.27. The maximum absolute atomic E-state index is 11.7. The van der Waals surface area contributed by atoms with Crippen molar-refractivity contribution in [2.24, 2.45) is 0 Å². The van der Waals surface area contributed by atoms with Crippen LogP contribution in [-0.4, -0.2) is 32.3 Å². The van der Waals surface area contributed by atoms with E-state index in [1.54, 1.807) is 0 Å². The molecule has 0 N–H and O–H groups in total. The predicted octanol–water partition coefficient (Wildman–Crippen LogP) is 1.57. The number of hydrogen-bond acceptors (Lipinski definition) is 3. The third-order valence-electron chi connectivity index (χ3n) is 3.29. The summed E-state index contributed by atoms with van der Waals surface area (Å²) in [6, 6.07) is 7.80. The molecule has 5 nitrogen and oxygen atoms in total. The molecule has 2 aromatic rings. The molecule has 1 fully saturated rings. The van der Waals surface area contributed by atoms with Gasteiger partial charge in [0.2, 0.25) is 5.91 Å². The van der Waals surface area contributed by atoms with E-state index in [2.05, 4.69) is 10.3 Å². The highest BCUT2D eigenvalue weighted by Crippen LogP contribution is 2.23. The number of aromatic nitrogens is 3. The maximum atomic E-state index is 11.7. The topological polar surface area (TPSA) is 51.0 Å². The van der Waals surface area contributed by atoms with E-state index in [0.717, 1.165) is 24.0 Å². The molecular weight excluding hydrogens is 216 g/mol. The lowest BCUT2D eigenvalue weighted by Gasteiger charge is -2.24. The monoisotopic (exact) mass is 230 g/mol. The van der Waals surface area contributed by atoms with Crippen LogP contribution in [0.4, 0.5) is 0 Å². The Kier molecular flexibility index (Phi) is 2.31. The zero-order chi connectivity index (χ0) is 11.8. The van der Waals surface area contributed by atoms with E-state index in [-0.39, 0.29) is 12.1 Å². The second-order valence-electron chi connectivity index (χ2n) is 4.35. The van der Waals surface area contributed by atoms with Gasteiger partial charge in [-0.15, -0.1) is 5.10 Å². The maximum Gasteiger partial charge on any atom is 0.224 e. The van der Waals surface area contributed by atoms with Gasteiger partial charge in [-0.3, -0.25) is 4.79 Å². The molecule has 0 spiro atoms. The summed E-state index contributed by atoms with van der Waals surface area (Å²) in [4.78, 5) is 13.6. The van der Waals surface area contributed by atoms with Gasteiger partial charge in [-0.1, -0.05) is 17.3 Å². The van der Waals surface area contributed by atoms with Crippen LogP contribution in [-0.2, 0) is 4.79 Å². The lowest BCUT2D eigenvalue weighted by molar-refractivity contribution is -0.131. The molecule has 1 saturated heterocycles. The van der Waals surface area contributed by atoms with Crippen molar-refractivity contribution in [3.63, 3.8) is 0 Å². The summed E-state index contributed by atoms with van der Waals surface area (Å²) in [5.74, 6) is 0.206. The first-order valence-electron chi connectivity index (χ1n) is 5.87. The molecule has 5 heteroatoms. The molecule has 2 heterocycles. The Morgan fingerprint density at radius 1 is 1.35 bits per heavy atom. The summed E-state index contributed by atoms with van der Waals surface area (Å²) in [5.41, 5.74) is 1.84. The molecule has 1 amide bonds. The molecule has 1 atom stereocenters. The normalized spacial score (nSPS) is 17.9. The third-order valence-corrected chi connectivity index (χ3v) is 3.29. The second-order valence-corrected chi connectivity index (χ2v) is 4.35. The van der Waals surface area contributed by atoms with Gasteiger partial charge in [0, 0.05) is 13.0 Å². The number of nitrogens with zero attached hydrogens (tertiary/aromatic N) is 4. The third kappa shape index (κ3) is 1.58. The molecule has 1 unspecified atom stereocenters. The molecule has 0 radical (unpaired) electrons. The van der Waals surface area contributed by atoms with Crippen LogP contribution in [0.25, 0.3) is 11.0 Å². The first kappa shape index (κ1) is 10.3. The van der Waals surface area contributed by atoms with E-state index in [9.17, 15) is 4.79 Å². The Bertz CT molecular complexity index is 562. The lowest BCUT2D eigenvalue weighted by atomic mass is 10.3. The minimum atomic E-state index is -0.0580. The number of carbonyl (C=O) groups is 1. The van der Waals surface area contributed by atoms with Crippen molar-refractivity contribution < 1.29 is 4.79 Å². The number of para-hydroxylation sites is 1. The van der Waals surface area contributed by atoms with Crippen LogP contribution in [0, 0.1) is 0 Å².